The molecule has 0 aliphatic heterocycles. The van der Waals surface area contributed by atoms with E-state index < -0.39 is 0 Å². The van der Waals surface area contributed by atoms with Gasteiger partial charge in [0.1, 0.15) is 5.75 Å². The molecule has 108 valence electrons. The Labute approximate surface area is 131 Å². The van der Waals surface area contributed by atoms with Gasteiger partial charge in [0.2, 0.25) is 5.78 Å². The van der Waals surface area contributed by atoms with E-state index in [2.05, 4.69) is 39.7 Å². The molecule has 0 saturated carbocycles. The van der Waals surface area contributed by atoms with Gasteiger partial charge in [0.25, 0.3) is 0 Å². The number of nitrogens with zero attached hydrogens (tertiary/aromatic N) is 3. The minimum Gasteiger partial charge on any atom is -0.507 e. The third-order valence-electron chi connectivity index (χ3n) is 3.46. The van der Waals surface area contributed by atoms with E-state index in [1.807, 2.05) is 28.8 Å². The molecule has 0 aliphatic carbocycles. The van der Waals surface area contributed by atoms with Crippen molar-refractivity contribution in [3.63, 3.8) is 0 Å². The van der Waals surface area contributed by atoms with Crippen LogP contribution in [0.3, 0.4) is 0 Å². The van der Waals surface area contributed by atoms with Gasteiger partial charge in [-0.2, -0.15) is 0 Å². The molecule has 0 saturated heterocycles. The number of alkyl halides is 1. The van der Waals surface area contributed by atoms with E-state index in [9.17, 15) is 5.11 Å². The average molecular weight is 346 g/mol. The number of rotatable bonds is 3. The van der Waals surface area contributed by atoms with Crippen LogP contribution in [-0.4, -0.2) is 19.5 Å². The normalized spacial score (nSPS) is 11.4. The number of halogens is 1. The Kier molecular flexibility index (Phi) is 3.68. The van der Waals surface area contributed by atoms with Crippen molar-refractivity contribution in [3.05, 3.63) is 47.9 Å². The summed E-state index contributed by atoms with van der Waals surface area (Å²) in [6, 6.07) is 7.47. The number of aromatic nitrogens is 3. The Balaban J connectivity index is 2.32. The van der Waals surface area contributed by atoms with E-state index >= 15 is 0 Å². The van der Waals surface area contributed by atoms with Crippen LogP contribution >= 0.6 is 15.9 Å². The molecule has 3 aromatic rings. The first-order chi connectivity index (χ1) is 10.1. The summed E-state index contributed by atoms with van der Waals surface area (Å²) in [7, 11) is 0. The fourth-order valence-electron chi connectivity index (χ4n) is 2.51. The topological polar surface area (TPSA) is 50.4 Å². The van der Waals surface area contributed by atoms with Crippen molar-refractivity contribution < 1.29 is 5.11 Å². The van der Waals surface area contributed by atoms with Gasteiger partial charge in [-0.25, -0.2) is 9.97 Å². The van der Waals surface area contributed by atoms with E-state index in [0.717, 1.165) is 27.8 Å². The molecule has 1 N–H and O–H groups in total. The molecule has 0 fully saturated rings. The molecule has 0 atom stereocenters. The number of phenolic OH excluding ortho intramolecular Hbond substituents is 1. The van der Waals surface area contributed by atoms with Crippen LogP contribution in [0.1, 0.15) is 31.0 Å². The molecule has 3 rings (SSSR count). The Hall–Kier alpha value is -1.88. The molecule has 2 aromatic heterocycles. The molecule has 1 aromatic carbocycles. The lowest BCUT2D eigenvalue weighted by atomic mass is 10.0. The summed E-state index contributed by atoms with van der Waals surface area (Å²) in [5.41, 5.74) is 3.70. The Morgan fingerprint density at radius 1 is 1.33 bits per heavy atom. The summed E-state index contributed by atoms with van der Waals surface area (Å²) in [6.07, 6.45) is 3.69. The lowest BCUT2D eigenvalue weighted by Gasteiger charge is -2.10. The first-order valence-electron chi connectivity index (χ1n) is 6.83. The second-order valence-electron chi connectivity index (χ2n) is 5.28. The molecule has 0 spiro atoms. The summed E-state index contributed by atoms with van der Waals surface area (Å²) in [5, 5.41) is 11.0. The number of benzene rings is 1. The molecule has 0 unspecified atom stereocenters. The van der Waals surface area contributed by atoms with Gasteiger partial charge >= 0.3 is 0 Å². The highest BCUT2D eigenvalue weighted by Crippen LogP contribution is 2.35. The third kappa shape index (κ3) is 2.42. The van der Waals surface area contributed by atoms with Crippen molar-refractivity contribution in [2.45, 2.75) is 25.1 Å². The molecule has 0 aliphatic rings. The Morgan fingerprint density at radius 3 is 2.86 bits per heavy atom. The van der Waals surface area contributed by atoms with Gasteiger partial charge in [0, 0.05) is 23.3 Å². The number of imidazole rings is 1. The summed E-state index contributed by atoms with van der Waals surface area (Å²) in [6.45, 7) is 4.23. The second-order valence-corrected chi connectivity index (χ2v) is 5.84. The van der Waals surface area contributed by atoms with Gasteiger partial charge in [-0.05, 0) is 29.7 Å². The highest BCUT2D eigenvalue weighted by atomic mass is 79.9. The molecule has 0 amide bonds. The van der Waals surface area contributed by atoms with E-state index in [0.29, 0.717) is 5.78 Å². The van der Waals surface area contributed by atoms with Gasteiger partial charge in [0.15, 0.2) is 0 Å². The predicted octanol–water partition coefficient (Wildman–Crippen LogP) is 4.12. The first-order valence-corrected chi connectivity index (χ1v) is 7.95. The quantitative estimate of drug-likeness (QED) is 0.726. The standard InChI is InChI=1S/C16H16BrN3O/c1-10(2)15-14(19-16-18-6-3-7-20(15)16)12-8-11(9-17)4-5-13(12)21/h3-8,10,21H,9H2,1-2H3. The minimum absolute atomic E-state index is 0.241. The summed E-state index contributed by atoms with van der Waals surface area (Å²) >= 11 is 3.45. The number of fused-ring (bicyclic) bond motifs is 1. The van der Waals surface area contributed by atoms with E-state index in [4.69, 9.17) is 0 Å². The van der Waals surface area contributed by atoms with Crippen LogP contribution < -0.4 is 0 Å². The van der Waals surface area contributed by atoms with Crippen molar-refractivity contribution in [2.75, 3.05) is 0 Å². The number of hydrogen-bond donors (Lipinski definition) is 1. The van der Waals surface area contributed by atoms with Crippen LogP contribution in [-0.2, 0) is 5.33 Å². The largest absolute Gasteiger partial charge is 0.507 e. The molecule has 4 nitrogen and oxygen atoms in total. The summed E-state index contributed by atoms with van der Waals surface area (Å²) < 4.78 is 1.99. The highest BCUT2D eigenvalue weighted by Gasteiger charge is 2.19. The van der Waals surface area contributed by atoms with Crippen molar-refractivity contribution in [2.24, 2.45) is 0 Å². The average Bonchev–Trinajstić information content (AvgIpc) is 2.87. The number of hydrogen-bond acceptors (Lipinski definition) is 3. The highest BCUT2D eigenvalue weighted by molar-refractivity contribution is 9.08. The zero-order chi connectivity index (χ0) is 15.0. The maximum Gasteiger partial charge on any atom is 0.234 e. The number of phenols is 1. The Bertz CT molecular complexity index is 795. The van der Waals surface area contributed by atoms with Crippen molar-refractivity contribution >= 4 is 21.7 Å². The van der Waals surface area contributed by atoms with Crippen LogP contribution in [0.4, 0.5) is 0 Å². The predicted molar refractivity (Wildman–Crippen MR) is 86.8 cm³/mol. The van der Waals surface area contributed by atoms with Crippen LogP contribution in [0.15, 0.2) is 36.7 Å². The van der Waals surface area contributed by atoms with Gasteiger partial charge in [-0.1, -0.05) is 35.8 Å². The van der Waals surface area contributed by atoms with Crippen LogP contribution in [0, 0.1) is 0 Å². The van der Waals surface area contributed by atoms with Gasteiger partial charge in [-0.3, -0.25) is 4.40 Å². The number of aromatic hydroxyl groups is 1. The maximum atomic E-state index is 10.2. The fraction of sp³-hybridized carbons (Fsp3) is 0.250. The summed E-state index contributed by atoms with van der Waals surface area (Å²) in [4.78, 5) is 8.92. The SMILES string of the molecule is CC(C)c1c(-c2cc(CBr)ccc2O)nc2ncccn12. The van der Waals surface area contributed by atoms with Crippen LogP contribution in [0.2, 0.25) is 0 Å². The fourth-order valence-corrected chi connectivity index (χ4v) is 2.86. The Morgan fingerprint density at radius 2 is 2.14 bits per heavy atom. The van der Waals surface area contributed by atoms with E-state index in [-0.39, 0.29) is 11.7 Å². The molecular formula is C16H16BrN3O. The monoisotopic (exact) mass is 345 g/mol. The molecule has 0 radical (unpaired) electrons. The van der Waals surface area contributed by atoms with Crippen LogP contribution in [0.25, 0.3) is 17.0 Å². The lowest BCUT2D eigenvalue weighted by Crippen LogP contribution is -1.97. The van der Waals surface area contributed by atoms with Gasteiger partial charge in [0.05, 0.1) is 11.4 Å². The van der Waals surface area contributed by atoms with Gasteiger partial charge < -0.3 is 5.11 Å². The van der Waals surface area contributed by atoms with Crippen molar-refractivity contribution in [3.8, 4) is 17.0 Å². The van der Waals surface area contributed by atoms with Gasteiger partial charge in [-0.15, -0.1) is 0 Å². The third-order valence-corrected chi connectivity index (χ3v) is 4.11. The first kappa shape index (κ1) is 14.1. The second kappa shape index (κ2) is 5.48. The smallest absolute Gasteiger partial charge is 0.234 e. The zero-order valence-corrected chi connectivity index (χ0v) is 13.5. The maximum absolute atomic E-state index is 10.2. The molecular weight excluding hydrogens is 330 g/mol. The minimum atomic E-state index is 0.241. The molecule has 2 heterocycles. The van der Waals surface area contributed by atoms with Crippen molar-refractivity contribution in [1.29, 1.82) is 0 Å². The molecule has 21 heavy (non-hydrogen) atoms. The molecule has 0 bridgehead atoms. The zero-order valence-electron chi connectivity index (χ0n) is 11.9. The van der Waals surface area contributed by atoms with Crippen LogP contribution in [0.5, 0.6) is 5.75 Å². The lowest BCUT2D eigenvalue weighted by molar-refractivity contribution is 0.477. The van der Waals surface area contributed by atoms with E-state index in [1.165, 1.54) is 0 Å². The van der Waals surface area contributed by atoms with Crippen molar-refractivity contribution in [1.82, 2.24) is 14.4 Å². The molecule has 5 heteroatoms. The summed E-state index contributed by atoms with van der Waals surface area (Å²) in [5.74, 6) is 1.16. The van der Waals surface area contributed by atoms with E-state index in [1.54, 1.807) is 12.3 Å².